The van der Waals surface area contributed by atoms with Crippen molar-refractivity contribution in [3.63, 3.8) is 0 Å². The van der Waals surface area contributed by atoms with E-state index in [4.69, 9.17) is 11.6 Å². The highest BCUT2D eigenvalue weighted by Gasteiger charge is 2.34. The standard InChI is InChI=1S/C22H21ClN2O4/c1-13-6-11-16(24-21(27)17-4-2-3-5-18(17)22(28)29)12-19(13)25-20(26)14-7-9-15(23)10-8-14/h2-3,6-12,17-18H,4-5H2,1H3,(H,24,27)(H,25,26)(H,28,29)/t17-,18+/m0/s1. The number of rotatable bonds is 5. The molecule has 0 bridgehead atoms. The highest BCUT2D eigenvalue weighted by atomic mass is 35.5. The maximum absolute atomic E-state index is 12.6. The second-order valence-corrected chi connectivity index (χ2v) is 7.41. The number of carboxylic acids is 1. The lowest BCUT2D eigenvalue weighted by molar-refractivity contribution is -0.146. The first-order valence-corrected chi connectivity index (χ1v) is 9.59. The Morgan fingerprint density at radius 3 is 2.28 bits per heavy atom. The van der Waals surface area contributed by atoms with Gasteiger partial charge in [0.15, 0.2) is 0 Å². The zero-order valence-corrected chi connectivity index (χ0v) is 16.6. The molecule has 1 aliphatic rings. The summed E-state index contributed by atoms with van der Waals surface area (Å²) in [5, 5.41) is 15.5. The van der Waals surface area contributed by atoms with E-state index in [0.717, 1.165) is 5.56 Å². The molecule has 3 N–H and O–H groups in total. The van der Waals surface area contributed by atoms with Gasteiger partial charge in [0, 0.05) is 22.0 Å². The number of amides is 2. The van der Waals surface area contributed by atoms with Crippen LogP contribution in [0.25, 0.3) is 0 Å². The minimum Gasteiger partial charge on any atom is -0.481 e. The molecule has 0 saturated heterocycles. The number of carbonyl (C=O) groups excluding carboxylic acids is 2. The zero-order valence-electron chi connectivity index (χ0n) is 15.8. The van der Waals surface area contributed by atoms with Crippen LogP contribution in [0.1, 0.15) is 28.8 Å². The number of aryl methyl sites for hydroxylation is 1. The number of carbonyl (C=O) groups is 3. The van der Waals surface area contributed by atoms with Crippen molar-refractivity contribution in [2.24, 2.45) is 11.8 Å². The summed E-state index contributed by atoms with van der Waals surface area (Å²) in [6.45, 7) is 1.84. The number of aliphatic carboxylic acids is 1. The van der Waals surface area contributed by atoms with Crippen LogP contribution in [0.3, 0.4) is 0 Å². The molecule has 0 heterocycles. The number of halogens is 1. The molecule has 150 valence electrons. The van der Waals surface area contributed by atoms with E-state index in [1.807, 2.05) is 13.0 Å². The zero-order chi connectivity index (χ0) is 21.0. The predicted octanol–water partition coefficient (Wildman–Crippen LogP) is 4.51. The third-order valence-electron chi connectivity index (χ3n) is 4.95. The van der Waals surface area contributed by atoms with Crippen LogP contribution in [0.5, 0.6) is 0 Å². The van der Waals surface area contributed by atoms with Crippen LogP contribution in [-0.2, 0) is 9.59 Å². The van der Waals surface area contributed by atoms with E-state index in [2.05, 4.69) is 10.6 Å². The number of benzene rings is 2. The quantitative estimate of drug-likeness (QED) is 0.630. The van der Waals surface area contributed by atoms with Gasteiger partial charge in [-0.2, -0.15) is 0 Å². The summed E-state index contributed by atoms with van der Waals surface area (Å²) < 4.78 is 0. The molecule has 0 aromatic heterocycles. The lowest BCUT2D eigenvalue weighted by Crippen LogP contribution is -2.34. The van der Waals surface area contributed by atoms with Gasteiger partial charge >= 0.3 is 5.97 Å². The molecule has 2 amide bonds. The molecule has 0 spiro atoms. The molecule has 2 aromatic carbocycles. The molecular formula is C22H21ClN2O4. The Hall–Kier alpha value is -3.12. The topological polar surface area (TPSA) is 95.5 Å². The van der Waals surface area contributed by atoms with E-state index in [-0.39, 0.29) is 11.8 Å². The van der Waals surface area contributed by atoms with Crippen molar-refractivity contribution in [3.8, 4) is 0 Å². The second kappa shape index (κ2) is 8.92. The molecule has 0 saturated carbocycles. The van der Waals surface area contributed by atoms with Crippen molar-refractivity contribution in [2.45, 2.75) is 19.8 Å². The largest absolute Gasteiger partial charge is 0.481 e. The van der Waals surface area contributed by atoms with Crippen LogP contribution in [0, 0.1) is 18.8 Å². The first kappa shape index (κ1) is 20.6. The Bertz CT molecular complexity index is 969. The summed E-state index contributed by atoms with van der Waals surface area (Å²) in [6, 6.07) is 11.7. The van der Waals surface area contributed by atoms with E-state index >= 15 is 0 Å². The van der Waals surface area contributed by atoms with Gasteiger partial charge in [0.25, 0.3) is 5.91 Å². The molecule has 0 radical (unpaired) electrons. The molecule has 1 aliphatic carbocycles. The van der Waals surface area contributed by atoms with Crippen LogP contribution in [0.4, 0.5) is 11.4 Å². The molecule has 7 heteroatoms. The predicted molar refractivity (Wildman–Crippen MR) is 112 cm³/mol. The van der Waals surface area contributed by atoms with Gasteiger partial charge in [0.2, 0.25) is 5.91 Å². The van der Waals surface area contributed by atoms with Gasteiger partial charge in [-0.15, -0.1) is 0 Å². The average molecular weight is 413 g/mol. The van der Waals surface area contributed by atoms with Crippen molar-refractivity contribution in [1.82, 2.24) is 0 Å². The van der Waals surface area contributed by atoms with E-state index in [9.17, 15) is 19.5 Å². The Morgan fingerprint density at radius 2 is 1.62 bits per heavy atom. The van der Waals surface area contributed by atoms with Crippen LogP contribution in [0.15, 0.2) is 54.6 Å². The molecule has 0 aliphatic heterocycles. The molecule has 3 rings (SSSR count). The van der Waals surface area contributed by atoms with Gasteiger partial charge in [0.1, 0.15) is 0 Å². The third kappa shape index (κ3) is 5.03. The summed E-state index contributed by atoms with van der Waals surface area (Å²) in [6.07, 6.45) is 4.34. The van der Waals surface area contributed by atoms with E-state index < -0.39 is 17.8 Å². The molecule has 2 aromatic rings. The van der Waals surface area contributed by atoms with E-state index in [1.54, 1.807) is 48.5 Å². The second-order valence-electron chi connectivity index (χ2n) is 6.97. The van der Waals surface area contributed by atoms with Crippen LogP contribution < -0.4 is 10.6 Å². The average Bonchev–Trinajstić information content (AvgIpc) is 2.70. The van der Waals surface area contributed by atoms with Crippen molar-refractivity contribution < 1.29 is 19.5 Å². The minimum atomic E-state index is -0.977. The molecule has 0 unspecified atom stereocenters. The van der Waals surface area contributed by atoms with Crippen LogP contribution >= 0.6 is 11.6 Å². The van der Waals surface area contributed by atoms with Crippen molar-refractivity contribution in [1.29, 1.82) is 0 Å². The normalized spacial score (nSPS) is 18.1. The fraction of sp³-hybridized carbons (Fsp3) is 0.227. The van der Waals surface area contributed by atoms with Crippen molar-refractivity contribution >= 4 is 40.8 Å². The summed E-state index contributed by atoms with van der Waals surface area (Å²) in [5.41, 5.74) is 2.34. The summed E-state index contributed by atoms with van der Waals surface area (Å²) >= 11 is 5.85. The maximum Gasteiger partial charge on any atom is 0.307 e. The molecule has 29 heavy (non-hydrogen) atoms. The first-order chi connectivity index (χ1) is 13.8. The smallest absolute Gasteiger partial charge is 0.307 e. The van der Waals surface area contributed by atoms with Gasteiger partial charge in [-0.3, -0.25) is 14.4 Å². The van der Waals surface area contributed by atoms with Crippen LogP contribution in [0.2, 0.25) is 5.02 Å². The maximum atomic E-state index is 12.6. The monoisotopic (exact) mass is 412 g/mol. The third-order valence-corrected chi connectivity index (χ3v) is 5.20. The first-order valence-electron chi connectivity index (χ1n) is 9.21. The van der Waals surface area contributed by atoms with Gasteiger partial charge in [-0.1, -0.05) is 29.8 Å². The lowest BCUT2D eigenvalue weighted by Gasteiger charge is -2.24. The summed E-state index contributed by atoms with van der Waals surface area (Å²) in [4.78, 5) is 36.5. The van der Waals surface area contributed by atoms with Crippen molar-refractivity contribution in [2.75, 3.05) is 10.6 Å². The minimum absolute atomic E-state index is 0.295. The van der Waals surface area contributed by atoms with Gasteiger partial charge in [-0.05, 0) is 61.7 Å². The molecular weight excluding hydrogens is 392 g/mol. The molecule has 0 fully saturated rings. The van der Waals surface area contributed by atoms with Crippen LogP contribution in [-0.4, -0.2) is 22.9 Å². The molecule has 6 nitrogen and oxygen atoms in total. The highest BCUT2D eigenvalue weighted by Crippen LogP contribution is 2.28. The number of hydrogen-bond acceptors (Lipinski definition) is 3. The Morgan fingerprint density at radius 1 is 0.966 bits per heavy atom. The number of allylic oxidation sites excluding steroid dienone is 2. The van der Waals surface area contributed by atoms with Gasteiger partial charge in [0.05, 0.1) is 11.8 Å². The summed E-state index contributed by atoms with van der Waals surface area (Å²) in [7, 11) is 0. The summed E-state index contributed by atoms with van der Waals surface area (Å²) in [5.74, 6) is -2.99. The highest BCUT2D eigenvalue weighted by molar-refractivity contribution is 6.30. The number of hydrogen-bond donors (Lipinski definition) is 3. The number of carboxylic acid groups (broad SMARTS) is 1. The Labute approximate surface area is 173 Å². The van der Waals surface area contributed by atoms with Crippen molar-refractivity contribution in [3.05, 3.63) is 70.8 Å². The van der Waals surface area contributed by atoms with Gasteiger partial charge in [-0.25, -0.2) is 0 Å². The lowest BCUT2D eigenvalue weighted by atomic mass is 9.82. The SMILES string of the molecule is Cc1ccc(NC(=O)[C@H]2CC=CC[C@H]2C(=O)O)cc1NC(=O)c1ccc(Cl)cc1. The Kier molecular flexibility index (Phi) is 6.34. The molecule has 2 atom stereocenters. The van der Waals surface area contributed by atoms with E-state index in [0.29, 0.717) is 34.8 Å². The van der Waals surface area contributed by atoms with E-state index in [1.165, 1.54) is 0 Å². The number of nitrogens with one attached hydrogen (secondary N) is 2. The van der Waals surface area contributed by atoms with Gasteiger partial charge < -0.3 is 15.7 Å². The fourth-order valence-electron chi connectivity index (χ4n) is 3.24. The Balaban J connectivity index is 1.74. The number of anilines is 2. The fourth-order valence-corrected chi connectivity index (χ4v) is 3.37.